The van der Waals surface area contributed by atoms with Crippen LogP contribution in [0.3, 0.4) is 0 Å². The van der Waals surface area contributed by atoms with E-state index in [-0.39, 0.29) is 11.9 Å². The van der Waals surface area contributed by atoms with Crippen LogP contribution in [0.4, 0.5) is 29.6 Å². The molecule has 1 N–H and O–H groups in total. The van der Waals surface area contributed by atoms with Crippen LogP contribution >= 0.6 is 0 Å². The maximum absolute atomic E-state index is 13.0. The number of anilines is 2. The van der Waals surface area contributed by atoms with Crippen molar-refractivity contribution in [3.05, 3.63) is 78.0 Å². The van der Waals surface area contributed by atoms with Gasteiger partial charge in [-0.1, -0.05) is 30.3 Å². The number of hydrogen-bond donors (Lipinski definition) is 1. The fourth-order valence-corrected chi connectivity index (χ4v) is 3.77. The van der Waals surface area contributed by atoms with Crippen molar-refractivity contribution in [1.82, 2.24) is 14.9 Å². The summed E-state index contributed by atoms with van der Waals surface area (Å²) in [6, 6.07) is 15.0. The molecule has 3 aromatic rings. The highest BCUT2D eigenvalue weighted by Crippen LogP contribution is 2.31. The van der Waals surface area contributed by atoms with Crippen molar-refractivity contribution >= 4 is 23.3 Å². The van der Waals surface area contributed by atoms with Gasteiger partial charge in [0.1, 0.15) is 17.2 Å². The van der Waals surface area contributed by atoms with Crippen molar-refractivity contribution < 1.29 is 22.7 Å². The first-order chi connectivity index (χ1) is 17.0. The van der Waals surface area contributed by atoms with Gasteiger partial charge in [-0.3, -0.25) is 0 Å². The molecule has 0 aliphatic carbocycles. The summed E-state index contributed by atoms with van der Waals surface area (Å²) in [4.78, 5) is 22.5. The maximum Gasteiger partial charge on any atom is 0.416 e. The number of alkyl halides is 3. The Balaban J connectivity index is 1.49. The summed E-state index contributed by atoms with van der Waals surface area (Å²) in [5.74, 6) is 0.444. The first kappa shape index (κ1) is 25.2. The minimum Gasteiger partial charge on any atom is -0.444 e. The molecule has 0 saturated carbocycles. The fraction of sp³-hybridized carbons (Fsp3) is 0.296. The van der Waals surface area contributed by atoms with Gasteiger partial charge in [-0.25, -0.2) is 14.8 Å². The number of hydrogen-bond acceptors (Lipinski definition) is 5. The second kappa shape index (κ2) is 10.0. The SMILES string of the molecule is CC(C)(C)OC(=O)N1CC=C(c2cccc(-c3cccc(Nc4cc(C(F)(F)F)ccn4)n3)c2)CC1. The lowest BCUT2D eigenvalue weighted by Crippen LogP contribution is -2.39. The highest BCUT2D eigenvalue weighted by atomic mass is 19.4. The van der Waals surface area contributed by atoms with Gasteiger partial charge < -0.3 is 15.0 Å². The highest BCUT2D eigenvalue weighted by molar-refractivity contribution is 5.75. The Morgan fingerprint density at radius 3 is 2.44 bits per heavy atom. The number of carbonyl (C=O) groups excluding carboxylic acids is 1. The van der Waals surface area contributed by atoms with E-state index in [1.165, 1.54) is 0 Å². The summed E-state index contributed by atoms with van der Waals surface area (Å²) >= 11 is 0. The van der Waals surface area contributed by atoms with Gasteiger partial charge in [0.05, 0.1) is 11.3 Å². The number of nitrogens with one attached hydrogen (secondary N) is 1. The van der Waals surface area contributed by atoms with Crippen LogP contribution < -0.4 is 5.32 Å². The summed E-state index contributed by atoms with van der Waals surface area (Å²) in [5.41, 5.74) is 2.36. The van der Waals surface area contributed by atoms with Crippen molar-refractivity contribution in [1.29, 1.82) is 0 Å². The molecular formula is C27H27F3N4O2. The monoisotopic (exact) mass is 496 g/mol. The Labute approximate surface area is 207 Å². The molecule has 0 spiro atoms. The summed E-state index contributed by atoms with van der Waals surface area (Å²) in [5, 5.41) is 2.85. The van der Waals surface area contributed by atoms with E-state index in [4.69, 9.17) is 4.74 Å². The molecule has 9 heteroatoms. The van der Waals surface area contributed by atoms with E-state index in [0.717, 1.165) is 35.0 Å². The second-order valence-corrected chi connectivity index (χ2v) is 9.45. The lowest BCUT2D eigenvalue weighted by molar-refractivity contribution is -0.137. The van der Waals surface area contributed by atoms with Crippen molar-refractivity contribution in [3.63, 3.8) is 0 Å². The lowest BCUT2D eigenvalue weighted by Gasteiger charge is -2.29. The van der Waals surface area contributed by atoms with Crippen LogP contribution in [-0.2, 0) is 10.9 Å². The third-order valence-corrected chi connectivity index (χ3v) is 5.48. The molecule has 1 aliphatic rings. The first-order valence-electron chi connectivity index (χ1n) is 11.5. The molecule has 188 valence electrons. The Bertz CT molecular complexity index is 1280. The van der Waals surface area contributed by atoms with Crippen molar-refractivity contribution in [2.24, 2.45) is 0 Å². The van der Waals surface area contributed by atoms with Crippen LogP contribution in [0.15, 0.2) is 66.9 Å². The van der Waals surface area contributed by atoms with Crippen LogP contribution in [0.1, 0.15) is 38.3 Å². The van der Waals surface area contributed by atoms with Gasteiger partial charge in [-0.15, -0.1) is 0 Å². The summed E-state index contributed by atoms with van der Waals surface area (Å²) in [7, 11) is 0. The first-order valence-corrected chi connectivity index (χ1v) is 11.5. The second-order valence-electron chi connectivity index (χ2n) is 9.45. The Hall–Kier alpha value is -3.88. The average molecular weight is 497 g/mol. The van der Waals surface area contributed by atoms with E-state index in [2.05, 4.69) is 15.3 Å². The zero-order chi connectivity index (χ0) is 25.9. The molecule has 1 aliphatic heterocycles. The standard InChI is InChI=1S/C27H27F3N4O2/c1-26(2,3)36-25(35)34-14-11-18(12-15-34)19-6-4-7-20(16-19)22-8-5-9-23(32-22)33-24-17-21(10-13-31-24)27(28,29)30/h4-11,13,16-17H,12,14-15H2,1-3H3,(H,31,32,33). The maximum atomic E-state index is 13.0. The third-order valence-electron chi connectivity index (χ3n) is 5.48. The average Bonchev–Trinajstić information content (AvgIpc) is 2.83. The normalized spacial score (nSPS) is 14.3. The number of amides is 1. The minimum absolute atomic E-state index is 0.0603. The zero-order valence-electron chi connectivity index (χ0n) is 20.3. The molecule has 6 nitrogen and oxygen atoms in total. The Morgan fingerprint density at radius 1 is 1.00 bits per heavy atom. The van der Waals surface area contributed by atoms with Gasteiger partial charge in [0.15, 0.2) is 0 Å². The molecule has 0 fully saturated rings. The van der Waals surface area contributed by atoms with Crippen LogP contribution in [0, 0.1) is 0 Å². The van der Waals surface area contributed by atoms with Gasteiger partial charge >= 0.3 is 12.3 Å². The molecule has 0 unspecified atom stereocenters. The van der Waals surface area contributed by atoms with Gasteiger partial charge in [0.25, 0.3) is 0 Å². The van der Waals surface area contributed by atoms with Gasteiger partial charge in [0, 0.05) is 24.8 Å². The molecule has 0 bridgehead atoms. The minimum atomic E-state index is -4.45. The van der Waals surface area contributed by atoms with E-state index < -0.39 is 17.3 Å². The zero-order valence-corrected chi connectivity index (χ0v) is 20.3. The van der Waals surface area contributed by atoms with Crippen LogP contribution in [0.2, 0.25) is 0 Å². The molecule has 36 heavy (non-hydrogen) atoms. The molecule has 0 atom stereocenters. The number of pyridine rings is 2. The van der Waals surface area contributed by atoms with Crippen molar-refractivity contribution in [3.8, 4) is 11.3 Å². The Morgan fingerprint density at radius 2 is 1.75 bits per heavy atom. The van der Waals surface area contributed by atoms with Gasteiger partial charge in [-0.05, 0) is 68.7 Å². The molecular weight excluding hydrogens is 469 g/mol. The number of carbonyl (C=O) groups is 1. The number of nitrogens with zero attached hydrogens (tertiary/aromatic N) is 3. The number of ether oxygens (including phenoxy) is 1. The highest BCUT2D eigenvalue weighted by Gasteiger charge is 2.30. The quantitative estimate of drug-likeness (QED) is 0.424. The largest absolute Gasteiger partial charge is 0.444 e. The summed E-state index contributed by atoms with van der Waals surface area (Å²) < 4.78 is 44.5. The van der Waals surface area contributed by atoms with E-state index in [1.54, 1.807) is 17.0 Å². The fourth-order valence-electron chi connectivity index (χ4n) is 3.77. The predicted octanol–water partition coefficient (Wildman–Crippen LogP) is 6.93. The number of halogens is 3. The van der Waals surface area contributed by atoms with E-state index in [9.17, 15) is 18.0 Å². The number of rotatable bonds is 4. The van der Waals surface area contributed by atoms with E-state index in [0.29, 0.717) is 31.0 Å². The topological polar surface area (TPSA) is 67.3 Å². The number of benzene rings is 1. The molecule has 2 aromatic heterocycles. The van der Waals surface area contributed by atoms with Crippen molar-refractivity contribution in [2.75, 3.05) is 18.4 Å². The molecule has 0 radical (unpaired) electrons. The van der Waals surface area contributed by atoms with Crippen LogP contribution in [0.25, 0.3) is 16.8 Å². The van der Waals surface area contributed by atoms with Crippen LogP contribution in [-0.4, -0.2) is 39.7 Å². The molecule has 4 rings (SSSR count). The molecule has 0 saturated heterocycles. The van der Waals surface area contributed by atoms with Crippen LogP contribution in [0.5, 0.6) is 0 Å². The van der Waals surface area contributed by atoms with E-state index >= 15 is 0 Å². The van der Waals surface area contributed by atoms with E-state index in [1.807, 2.05) is 57.2 Å². The Kier molecular flexibility index (Phi) is 7.01. The van der Waals surface area contributed by atoms with Crippen molar-refractivity contribution in [2.45, 2.75) is 39.0 Å². The van der Waals surface area contributed by atoms with Gasteiger partial charge in [0.2, 0.25) is 0 Å². The summed E-state index contributed by atoms with van der Waals surface area (Å²) in [6.45, 7) is 6.56. The molecule has 1 aromatic carbocycles. The molecule has 3 heterocycles. The molecule has 1 amide bonds. The number of aromatic nitrogens is 2. The smallest absolute Gasteiger partial charge is 0.416 e. The third kappa shape index (κ3) is 6.41. The van der Waals surface area contributed by atoms with Gasteiger partial charge in [-0.2, -0.15) is 13.2 Å². The lowest BCUT2D eigenvalue weighted by atomic mass is 9.97. The summed E-state index contributed by atoms with van der Waals surface area (Å²) in [6.07, 6.45) is -0.945. The predicted molar refractivity (Wildman–Crippen MR) is 133 cm³/mol.